The maximum atomic E-state index is 12.8. The van der Waals surface area contributed by atoms with E-state index in [2.05, 4.69) is 0 Å². The van der Waals surface area contributed by atoms with Crippen LogP contribution in [0, 0.1) is 20.2 Å². The molecule has 2 aromatic rings. The van der Waals surface area contributed by atoms with E-state index in [1.54, 1.807) is 55.4 Å². The van der Waals surface area contributed by atoms with Crippen LogP contribution in [-0.2, 0) is 18.9 Å². The van der Waals surface area contributed by atoms with Crippen LogP contribution in [0.1, 0.15) is 76.1 Å². The minimum absolute atomic E-state index is 0.0220. The molecule has 0 aliphatic heterocycles. The van der Waals surface area contributed by atoms with Gasteiger partial charge in [0.1, 0.15) is 11.2 Å². The number of nitrogens with zero attached hydrogens (tertiary/aromatic N) is 3. The summed E-state index contributed by atoms with van der Waals surface area (Å²) >= 11 is 0. The zero-order chi connectivity index (χ0) is 34.0. The molecule has 0 atom stereocenters. The Labute approximate surface area is 253 Å². The molecule has 0 fully saturated rings. The van der Waals surface area contributed by atoms with Gasteiger partial charge in [-0.15, -0.1) is 0 Å². The van der Waals surface area contributed by atoms with Gasteiger partial charge in [-0.05, 0) is 67.5 Å². The minimum Gasteiger partial charge on any atom is -0.462 e. The molecule has 16 heteroatoms. The molecule has 2 aromatic carbocycles. The van der Waals surface area contributed by atoms with Crippen molar-refractivity contribution in [2.75, 3.05) is 23.8 Å². The lowest BCUT2D eigenvalue weighted by Crippen LogP contribution is -2.44. The van der Waals surface area contributed by atoms with Crippen molar-refractivity contribution in [1.82, 2.24) is 0 Å². The van der Waals surface area contributed by atoms with Crippen molar-refractivity contribution < 1.29 is 48.0 Å². The van der Waals surface area contributed by atoms with Gasteiger partial charge in [-0.2, -0.15) is 4.90 Å². The van der Waals surface area contributed by atoms with Gasteiger partial charge in [0, 0.05) is 24.3 Å². The predicted octanol–water partition coefficient (Wildman–Crippen LogP) is 5.80. The maximum absolute atomic E-state index is 12.8. The zero-order valence-electron chi connectivity index (χ0n) is 25.7. The van der Waals surface area contributed by atoms with Crippen molar-refractivity contribution in [3.63, 3.8) is 0 Å². The van der Waals surface area contributed by atoms with Crippen LogP contribution in [0.5, 0.6) is 0 Å². The van der Waals surface area contributed by atoms with Gasteiger partial charge in [-0.1, -0.05) is 0 Å². The second-order valence-corrected chi connectivity index (χ2v) is 10.7. The molecule has 16 nitrogen and oxygen atoms in total. The summed E-state index contributed by atoms with van der Waals surface area (Å²) in [5.74, 6) is -1.44. The highest BCUT2D eigenvalue weighted by Gasteiger charge is 2.36. The molecule has 0 saturated carbocycles. The molecule has 44 heavy (non-hydrogen) atoms. The fraction of sp³-hybridized carbons (Fsp3) is 0.429. The molecular formula is C28H36N4O12. The van der Waals surface area contributed by atoms with Crippen LogP contribution in [0.15, 0.2) is 36.4 Å². The number of hydrogen-bond acceptors (Lipinski definition) is 13. The summed E-state index contributed by atoms with van der Waals surface area (Å²) in [6.45, 7) is 13.0. The van der Waals surface area contributed by atoms with E-state index in [0.717, 1.165) is 24.3 Å². The molecule has 0 radical (unpaired) electrons. The molecule has 2 amide bonds. The minimum atomic E-state index is -1.15. The van der Waals surface area contributed by atoms with Gasteiger partial charge in [-0.3, -0.25) is 20.2 Å². The van der Waals surface area contributed by atoms with Crippen LogP contribution < -0.4 is 10.6 Å². The first-order chi connectivity index (χ1) is 20.2. The summed E-state index contributed by atoms with van der Waals surface area (Å²) in [6.07, 6.45) is -2.31. The summed E-state index contributed by atoms with van der Waals surface area (Å²) in [5, 5.41) is 21.6. The number of benzene rings is 2. The first-order valence-electron chi connectivity index (χ1n) is 13.1. The average Bonchev–Trinajstić information content (AvgIpc) is 2.87. The maximum Gasteiger partial charge on any atom is 0.424 e. The van der Waals surface area contributed by atoms with Crippen LogP contribution in [-0.4, -0.2) is 58.4 Å². The molecule has 0 heterocycles. The highest BCUT2D eigenvalue weighted by Crippen LogP contribution is 2.30. The van der Waals surface area contributed by atoms with E-state index in [1.165, 1.54) is 12.1 Å². The fourth-order valence-electron chi connectivity index (χ4n) is 3.14. The van der Waals surface area contributed by atoms with Gasteiger partial charge in [0.05, 0.1) is 45.6 Å². The molecule has 0 aromatic heterocycles. The number of nitrogens with two attached hydrogens (primary N) is 1. The summed E-state index contributed by atoms with van der Waals surface area (Å²) in [6, 6.07) is 6.71. The number of ether oxygens (including phenoxy) is 4. The smallest absolute Gasteiger partial charge is 0.424 e. The highest BCUT2D eigenvalue weighted by molar-refractivity contribution is 6.13. The van der Waals surface area contributed by atoms with Crippen LogP contribution in [0.25, 0.3) is 0 Å². The number of nitrogen functional groups attached to an aromatic ring is 1. The monoisotopic (exact) mass is 620 g/mol. The average molecular weight is 621 g/mol. The molecule has 2 rings (SSSR count). The van der Waals surface area contributed by atoms with E-state index in [1.807, 2.05) is 0 Å². The topological polar surface area (TPSA) is 221 Å². The van der Waals surface area contributed by atoms with Gasteiger partial charge in [-0.25, -0.2) is 19.2 Å². The fourth-order valence-corrected chi connectivity index (χ4v) is 3.14. The molecule has 0 spiro atoms. The van der Waals surface area contributed by atoms with Crippen molar-refractivity contribution >= 4 is 46.9 Å². The number of nitro benzene ring substituents is 2. The molecule has 0 saturated heterocycles. The largest absolute Gasteiger partial charge is 0.462 e. The number of nitro groups is 2. The Morgan fingerprint density at radius 1 is 0.727 bits per heavy atom. The number of anilines is 2. The lowest BCUT2D eigenvalue weighted by atomic mass is 10.1. The number of esters is 2. The number of carbonyl (C=O) groups excluding carboxylic acids is 4. The summed E-state index contributed by atoms with van der Waals surface area (Å²) < 4.78 is 20.2. The van der Waals surface area contributed by atoms with Gasteiger partial charge in [0.15, 0.2) is 0 Å². The van der Waals surface area contributed by atoms with Gasteiger partial charge >= 0.3 is 24.1 Å². The van der Waals surface area contributed by atoms with E-state index in [-0.39, 0.29) is 41.4 Å². The normalized spacial score (nSPS) is 10.8. The standard InChI is InChI=1S/C19H26N2O8.C9H10N2O4/c1-8-27-15(22)13-10-9-12(21(25)26)11-14(13)20(16(23)28-18(2,3)4)17(24)29-19(5,6)7;1-2-15-9(12)7-4-3-6(11(13)14)5-8(7)10/h9-11H,8H2,1-7H3;3-5H,2,10H2,1H3. The second kappa shape index (κ2) is 15.3. The third-order valence-corrected chi connectivity index (χ3v) is 4.82. The molecular weight excluding hydrogens is 584 g/mol. The number of non-ortho nitro benzene ring substituents is 2. The van der Waals surface area contributed by atoms with E-state index in [0.29, 0.717) is 4.90 Å². The highest BCUT2D eigenvalue weighted by atomic mass is 16.6. The van der Waals surface area contributed by atoms with Crippen LogP contribution >= 0.6 is 0 Å². The predicted molar refractivity (Wildman–Crippen MR) is 157 cm³/mol. The van der Waals surface area contributed by atoms with Crippen molar-refractivity contribution in [3.05, 3.63) is 67.8 Å². The Kier molecular flexibility index (Phi) is 12.7. The number of rotatable bonds is 7. The van der Waals surface area contributed by atoms with E-state index < -0.39 is 50.9 Å². The van der Waals surface area contributed by atoms with Crippen LogP contribution in [0.3, 0.4) is 0 Å². The molecule has 0 aliphatic rings. The van der Waals surface area contributed by atoms with Crippen molar-refractivity contribution in [2.24, 2.45) is 0 Å². The molecule has 240 valence electrons. The number of carbonyl (C=O) groups is 4. The lowest BCUT2D eigenvalue weighted by Gasteiger charge is -2.29. The van der Waals surface area contributed by atoms with Gasteiger partial charge < -0.3 is 24.7 Å². The number of hydrogen-bond donors (Lipinski definition) is 1. The van der Waals surface area contributed by atoms with Gasteiger partial charge in [0.2, 0.25) is 0 Å². The number of imide groups is 1. The van der Waals surface area contributed by atoms with Gasteiger partial charge in [0.25, 0.3) is 11.4 Å². The molecule has 2 N–H and O–H groups in total. The third kappa shape index (κ3) is 11.2. The first kappa shape index (κ1) is 36.7. The quantitative estimate of drug-likeness (QED) is 0.127. The van der Waals surface area contributed by atoms with Crippen LogP contribution in [0.2, 0.25) is 0 Å². The van der Waals surface area contributed by atoms with Crippen molar-refractivity contribution in [1.29, 1.82) is 0 Å². The van der Waals surface area contributed by atoms with E-state index in [9.17, 15) is 39.4 Å². The van der Waals surface area contributed by atoms with Crippen molar-refractivity contribution in [2.45, 2.75) is 66.6 Å². The first-order valence-corrected chi connectivity index (χ1v) is 13.1. The molecule has 0 unspecified atom stereocenters. The van der Waals surface area contributed by atoms with Crippen LogP contribution in [0.4, 0.5) is 32.3 Å². The third-order valence-electron chi connectivity index (χ3n) is 4.82. The Morgan fingerprint density at radius 3 is 1.48 bits per heavy atom. The Hall–Kier alpha value is -5.28. The zero-order valence-corrected chi connectivity index (χ0v) is 25.7. The Bertz CT molecular complexity index is 1380. The summed E-state index contributed by atoms with van der Waals surface area (Å²) in [4.78, 5) is 69.9. The summed E-state index contributed by atoms with van der Waals surface area (Å²) in [7, 11) is 0. The lowest BCUT2D eigenvalue weighted by molar-refractivity contribution is -0.385. The Morgan fingerprint density at radius 2 is 1.11 bits per heavy atom. The van der Waals surface area contributed by atoms with Crippen molar-refractivity contribution in [3.8, 4) is 0 Å². The molecule has 0 bridgehead atoms. The van der Waals surface area contributed by atoms with E-state index in [4.69, 9.17) is 24.7 Å². The SMILES string of the molecule is CCOC(=O)c1ccc([N+](=O)[O-])cc1N.CCOC(=O)c1ccc([N+](=O)[O-])cc1N(C(=O)OC(C)(C)C)C(=O)OC(C)(C)C. The molecule has 0 aliphatic carbocycles. The Balaban J connectivity index is 0.000000539. The second-order valence-electron chi connectivity index (χ2n) is 10.7. The number of amides is 2. The van der Waals surface area contributed by atoms with E-state index >= 15 is 0 Å². The summed E-state index contributed by atoms with van der Waals surface area (Å²) in [5.41, 5.74) is 2.51.